The van der Waals surface area contributed by atoms with Gasteiger partial charge in [-0.1, -0.05) is 18.2 Å². The highest BCUT2D eigenvalue weighted by atomic mass is 19.1. The maximum atomic E-state index is 13.2. The van der Waals surface area contributed by atoms with Crippen LogP contribution in [0.25, 0.3) is 11.1 Å². The summed E-state index contributed by atoms with van der Waals surface area (Å²) in [6, 6.07) is 10.8. The van der Waals surface area contributed by atoms with Crippen LogP contribution in [0.3, 0.4) is 0 Å². The molecule has 0 unspecified atom stereocenters. The predicted molar refractivity (Wildman–Crippen MR) is 59.7 cm³/mol. The third-order valence-electron chi connectivity index (χ3n) is 2.42. The summed E-state index contributed by atoms with van der Waals surface area (Å²) in [5.41, 5.74) is 7.33. The van der Waals surface area contributed by atoms with Gasteiger partial charge in [0.15, 0.2) is 0 Å². The highest BCUT2D eigenvalue weighted by Crippen LogP contribution is 2.22. The van der Waals surface area contributed by atoms with Crippen LogP contribution in [0.4, 0.5) is 8.78 Å². The van der Waals surface area contributed by atoms with Crippen molar-refractivity contribution in [2.45, 2.75) is 6.54 Å². The van der Waals surface area contributed by atoms with Crippen LogP contribution in [0, 0.1) is 11.6 Å². The summed E-state index contributed by atoms with van der Waals surface area (Å²) >= 11 is 0. The van der Waals surface area contributed by atoms with E-state index in [-0.39, 0.29) is 18.2 Å². The zero-order valence-electron chi connectivity index (χ0n) is 8.58. The van der Waals surface area contributed by atoms with Gasteiger partial charge in [-0.25, -0.2) is 8.78 Å². The van der Waals surface area contributed by atoms with Gasteiger partial charge >= 0.3 is 0 Å². The van der Waals surface area contributed by atoms with E-state index >= 15 is 0 Å². The second-order valence-corrected chi connectivity index (χ2v) is 3.52. The maximum absolute atomic E-state index is 13.2. The predicted octanol–water partition coefficient (Wildman–Crippen LogP) is 3.09. The van der Waals surface area contributed by atoms with Crippen molar-refractivity contribution in [3.8, 4) is 11.1 Å². The highest BCUT2D eigenvalue weighted by Gasteiger charge is 2.04. The Morgan fingerprint density at radius 2 is 1.69 bits per heavy atom. The summed E-state index contributed by atoms with van der Waals surface area (Å²) in [4.78, 5) is 0. The molecular formula is C13H11F2N. The van der Waals surface area contributed by atoms with Gasteiger partial charge in [0.2, 0.25) is 0 Å². The standard InChI is InChI=1S/C13H11F2N/c14-12-3-1-2-9(7-12)10-4-5-13(15)11(6-10)8-16/h1-7H,8,16H2. The summed E-state index contributed by atoms with van der Waals surface area (Å²) in [5, 5.41) is 0. The fourth-order valence-electron chi connectivity index (χ4n) is 1.58. The molecule has 0 bridgehead atoms. The minimum atomic E-state index is -0.331. The molecule has 0 fully saturated rings. The quantitative estimate of drug-likeness (QED) is 0.825. The number of halogens is 2. The number of benzene rings is 2. The van der Waals surface area contributed by atoms with Crippen molar-refractivity contribution in [3.63, 3.8) is 0 Å². The Kier molecular flexibility index (Phi) is 2.97. The fourth-order valence-corrected chi connectivity index (χ4v) is 1.58. The normalized spacial score (nSPS) is 10.4. The first-order valence-electron chi connectivity index (χ1n) is 4.95. The third-order valence-corrected chi connectivity index (χ3v) is 2.42. The summed E-state index contributed by atoms with van der Waals surface area (Å²) in [6.45, 7) is 0.134. The number of hydrogen-bond donors (Lipinski definition) is 1. The first-order chi connectivity index (χ1) is 7.70. The summed E-state index contributed by atoms with van der Waals surface area (Å²) in [5.74, 6) is -0.640. The van der Waals surface area contributed by atoms with E-state index in [0.717, 1.165) is 11.1 Å². The van der Waals surface area contributed by atoms with Crippen LogP contribution in [0.2, 0.25) is 0 Å². The van der Waals surface area contributed by atoms with Crippen LogP contribution in [-0.4, -0.2) is 0 Å². The molecule has 0 spiro atoms. The molecule has 0 amide bonds. The molecule has 2 aromatic carbocycles. The lowest BCUT2D eigenvalue weighted by molar-refractivity contribution is 0.611. The summed E-state index contributed by atoms with van der Waals surface area (Å²) < 4.78 is 26.2. The lowest BCUT2D eigenvalue weighted by Crippen LogP contribution is -1.99. The van der Waals surface area contributed by atoms with E-state index in [1.165, 1.54) is 18.2 Å². The van der Waals surface area contributed by atoms with E-state index < -0.39 is 0 Å². The largest absolute Gasteiger partial charge is 0.326 e. The molecule has 3 heteroatoms. The molecule has 82 valence electrons. The summed E-state index contributed by atoms with van der Waals surface area (Å²) in [6.07, 6.45) is 0. The van der Waals surface area contributed by atoms with Gasteiger partial charge < -0.3 is 5.73 Å². The Morgan fingerprint density at radius 1 is 0.938 bits per heavy atom. The van der Waals surface area contributed by atoms with E-state index in [1.807, 2.05) is 0 Å². The molecule has 0 aromatic heterocycles. The second kappa shape index (κ2) is 4.41. The zero-order chi connectivity index (χ0) is 11.5. The Bertz CT molecular complexity index is 509. The molecule has 2 aromatic rings. The van der Waals surface area contributed by atoms with Crippen LogP contribution in [0.15, 0.2) is 42.5 Å². The molecule has 0 saturated heterocycles. The molecule has 0 radical (unpaired) electrons. The zero-order valence-corrected chi connectivity index (χ0v) is 8.58. The average Bonchev–Trinajstić information content (AvgIpc) is 2.29. The first kappa shape index (κ1) is 10.8. The van der Waals surface area contributed by atoms with E-state index in [9.17, 15) is 8.78 Å². The van der Waals surface area contributed by atoms with Crippen molar-refractivity contribution in [1.82, 2.24) is 0 Å². The summed E-state index contributed by atoms with van der Waals surface area (Å²) in [7, 11) is 0. The third kappa shape index (κ3) is 2.09. The number of rotatable bonds is 2. The second-order valence-electron chi connectivity index (χ2n) is 3.52. The van der Waals surface area contributed by atoms with Crippen molar-refractivity contribution in [2.24, 2.45) is 5.73 Å². The molecule has 16 heavy (non-hydrogen) atoms. The monoisotopic (exact) mass is 219 g/mol. The Balaban J connectivity index is 2.48. The van der Waals surface area contributed by atoms with Gasteiger partial charge in [0, 0.05) is 12.1 Å². The number of nitrogens with two attached hydrogens (primary N) is 1. The lowest BCUT2D eigenvalue weighted by Gasteiger charge is -2.05. The first-order valence-corrected chi connectivity index (χ1v) is 4.95. The SMILES string of the molecule is NCc1cc(-c2cccc(F)c2)ccc1F. The van der Waals surface area contributed by atoms with Crippen molar-refractivity contribution < 1.29 is 8.78 Å². The molecule has 0 saturated carbocycles. The van der Waals surface area contributed by atoms with Gasteiger partial charge in [-0.15, -0.1) is 0 Å². The Morgan fingerprint density at radius 3 is 2.38 bits per heavy atom. The van der Waals surface area contributed by atoms with Crippen molar-refractivity contribution in [2.75, 3.05) is 0 Å². The van der Waals surface area contributed by atoms with Gasteiger partial charge in [-0.2, -0.15) is 0 Å². The average molecular weight is 219 g/mol. The van der Waals surface area contributed by atoms with Gasteiger partial charge in [-0.05, 0) is 35.4 Å². The van der Waals surface area contributed by atoms with Crippen LogP contribution in [0.1, 0.15) is 5.56 Å². The van der Waals surface area contributed by atoms with Crippen LogP contribution < -0.4 is 5.73 Å². The van der Waals surface area contributed by atoms with E-state index in [1.54, 1.807) is 24.3 Å². The van der Waals surface area contributed by atoms with Crippen molar-refractivity contribution in [1.29, 1.82) is 0 Å². The maximum Gasteiger partial charge on any atom is 0.127 e. The van der Waals surface area contributed by atoms with E-state index in [0.29, 0.717) is 5.56 Å². The fraction of sp³-hybridized carbons (Fsp3) is 0.0769. The van der Waals surface area contributed by atoms with E-state index in [4.69, 9.17) is 5.73 Å². The molecule has 0 aliphatic rings. The molecule has 0 heterocycles. The number of hydrogen-bond acceptors (Lipinski definition) is 1. The van der Waals surface area contributed by atoms with Gasteiger partial charge in [0.1, 0.15) is 11.6 Å². The molecule has 2 N–H and O–H groups in total. The molecule has 1 nitrogen and oxygen atoms in total. The topological polar surface area (TPSA) is 26.0 Å². The molecular weight excluding hydrogens is 208 g/mol. The van der Waals surface area contributed by atoms with Crippen LogP contribution >= 0.6 is 0 Å². The van der Waals surface area contributed by atoms with E-state index in [2.05, 4.69) is 0 Å². The lowest BCUT2D eigenvalue weighted by atomic mass is 10.0. The Labute approximate surface area is 92.5 Å². The van der Waals surface area contributed by atoms with Crippen molar-refractivity contribution >= 4 is 0 Å². The Hall–Kier alpha value is -1.74. The van der Waals surface area contributed by atoms with Gasteiger partial charge in [0.25, 0.3) is 0 Å². The van der Waals surface area contributed by atoms with Crippen LogP contribution in [-0.2, 0) is 6.54 Å². The minimum Gasteiger partial charge on any atom is -0.326 e. The smallest absolute Gasteiger partial charge is 0.127 e. The molecule has 2 rings (SSSR count). The minimum absolute atomic E-state index is 0.134. The molecule has 0 aliphatic heterocycles. The van der Waals surface area contributed by atoms with Gasteiger partial charge in [0.05, 0.1) is 0 Å². The highest BCUT2D eigenvalue weighted by molar-refractivity contribution is 5.64. The molecule has 0 atom stereocenters. The van der Waals surface area contributed by atoms with Crippen LogP contribution in [0.5, 0.6) is 0 Å². The van der Waals surface area contributed by atoms with Gasteiger partial charge in [-0.3, -0.25) is 0 Å². The van der Waals surface area contributed by atoms with Crippen molar-refractivity contribution in [3.05, 3.63) is 59.7 Å². The molecule has 0 aliphatic carbocycles.